The number of carbonyl (C=O) groups excluding carboxylic acids is 3. The lowest BCUT2D eigenvalue weighted by Gasteiger charge is -2.35. The van der Waals surface area contributed by atoms with Crippen molar-refractivity contribution in [2.45, 2.75) is 64.8 Å². The first-order valence-electron chi connectivity index (χ1n) is 13.7. The third kappa shape index (κ3) is 5.40. The summed E-state index contributed by atoms with van der Waals surface area (Å²) in [5.41, 5.74) is 6.34. The number of hydrogen-bond acceptors (Lipinski definition) is 7. The molecule has 0 spiro atoms. The van der Waals surface area contributed by atoms with Gasteiger partial charge >= 0.3 is 0 Å². The number of aliphatic hydroxyl groups is 1. The number of aryl methyl sites for hydroxylation is 2. The second-order valence-corrected chi connectivity index (χ2v) is 11.8. The van der Waals surface area contributed by atoms with Gasteiger partial charge in [-0.05, 0) is 54.2 Å². The molecular weight excluding hydrogens is 526 g/mol. The van der Waals surface area contributed by atoms with Crippen molar-refractivity contribution in [3.63, 3.8) is 0 Å². The Kier molecular flexibility index (Phi) is 8.05. The lowest BCUT2D eigenvalue weighted by Crippen LogP contribution is -2.54. The van der Waals surface area contributed by atoms with Crippen LogP contribution in [-0.4, -0.2) is 69.3 Å². The minimum Gasteiger partial charge on any atom is -0.497 e. The molecule has 0 saturated carbocycles. The number of Topliss-reactive ketones (excluding diaryl/α,β-unsaturated/α-hetero) is 1. The van der Waals surface area contributed by atoms with Crippen LogP contribution in [0.15, 0.2) is 48.0 Å². The Labute approximate surface area is 238 Å². The largest absolute Gasteiger partial charge is 0.497 e. The zero-order chi connectivity index (χ0) is 28.6. The first kappa shape index (κ1) is 28.0. The molecule has 0 aliphatic carbocycles. The van der Waals surface area contributed by atoms with E-state index in [0.29, 0.717) is 24.3 Å². The number of nitrogens with zero attached hydrogens (tertiary/aromatic N) is 3. The molecule has 40 heavy (non-hydrogen) atoms. The summed E-state index contributed by atoms with van der Waals surface area (Å²) < 4.78 is 5.31. The van der Waals surface area contributed by atoms with E-state index in [1.807, 2.05) is 56.6 Å². The molecule has 3 heterocycles. The van der Waals surface area contributed by atoms with Gasteiger partial charge in [-0.3, -0.25) is 14.4 Å². The van der Waals surface area contributed by atoms with Crippen molar-refractivity contribution in [3.05, 3.63) is 70.4 Å². The fourth-order valence-corrected chi connectivity index (χ4v) is 6.63. The maximum absolute atomic E-state index is 13.9. The molecule has 9 heteroatoms. The SMILES string of the molecule is COc1ccc2c(c1)CN([C@H](C(=O)N1C[C@H](O)C[C@H]1C(=O)CCc1ccc(-c3scnc3C)cc1)C(C)C)C2=O. The van der Waals surface area contributed by atoms with Crippen LogP contribution in [0.3, 0.4) is 0 Å². The summed E-state index contributed by atoms with van der Waals surface area (Å²) in [5.74, 6) is -0.0913. The monoisotopic (exact) mass is 561 g/mol. The van der Waals surface area contributed by atoms with Gasteiger partial charge < -0.3 is 19.6 Å². The predicted octanol–water partition coefficient (Wildman–Crippen LogP) is 4.27. The van der Waals surface area contributed by atoms with Crippen LogP contribution in [0.4, 0.5) is 0 Å². The van der Waals surface area contributed by atoms with Crippen molar-refractivity contribution in [2.75, 3.05) is 13.7 Å². The van der Waals surface area contributed by atoms with Gasteiger partial charge in [0.1, 0.15) is 11.8 Å². The molecular formula is C31H35N3O5S. The molecule has 0 unspecified atom stereocenters. The molecule has 1 N–H and O–H groups in total. The van der Waals surface area contributed by atoms with E-state index in [4.69, 9.17) is 4.74 Å². The maximum Gasteiger partial charge on any atom is 0.255 e. The van der Waals surface area contributed by atoms with Crippen molar-refractivity contribution in [2.24, 2.45) is 5.92 Å². The molecule has 8 nitrogen and oxygen atoms in total. The number of hydrogen-bond donors (Lipinski definition) is 1. The molecule has 2 aliphatic rings. The number of benzene rings is 2. The fourth-order valence-electron chi connectivity index (χ4n) is 5.82. The number of ketones is 1. The fraction of sp³-hybridized carbons (Fsp3) is 0.419. The zero-order valence-electron chi connectivity index (χ0n) is 23.3. The van der Waals surface area contributed by atoms with E-state index in [1.54, 1.807) is 35.5 Å². The number of β-amino-alcohol motifs (C(OH)–C–C–N with tert-alkyl or cyclic N) is 1. The molecule has 0 radical (unpaired) electrons. The third-order valence-electron chi connectivity index (χ3n) is 7.92. The van der Waals surface area contributed by atoms with E-state index in [0.717, 1.165) is 27.3 Å². The molecule has 2 aliphatic heterocycles. The van der Waals surface area contributed by atoms with Gasteiger partial charge in [0.25, 0.3) is 5.91 Å². The van der Waals surface area contributed by atoms with Crippen molar-refractivity contribution >= 4 is 28.9 Å². The molecule has 1 aromatic heterocycles. The molecule has 5 rings (SSSR count). The minimum absolute atomic E-state index is 0.0736. The topological polar surface area (TPSA) is 100 Å². The Morgan fingerprint density at radius 1 is 1.18 bits per heavy atom. The lowest BCUT2D eigenvalue weighted by atomic mass is 9.98. The number of methoxy groups -OCH3 is 1. The first-order chi connectivity index (χ1) is 19.2. The molecule has 0 bridgehead atoms. The van der Waals surface area contributed by atoms with E-state index in [1.165, 1.54) is 4.90 Å². The van der Waals surface area contributed by atoms with Gasteiger partial charge in [-0.15, -0.1) is 11.3 Å². The summed E-state index contributed by atoms with van der Waals surface area (Å²) in [6.07, 6.45) is 0.249. The summed E-state index contributed by atoms with van der Waals surface area (Å²) in [4.78, 5) is 49.2. The molecule has 1 fully saturated rings. The summed E-state index contributed by atoms with van der Waals surface area (Å²) >= 11 is 1.60. The summed E-state index contributed by atoms with van der Waals surface area (Å²) in [6.45, 7) is 6.18. The van der Waals surface area contributed by atoms with Crippen molar-refractivity contribution in [1.29, 1.82) is 0 Å². The molecule has 3 atom stereocenters. The normalized spacial score (nSPS) is 19.3. The van der Waals surface area contributed by atoms with Crippen LogP contribution in [0.5, 0.6) is 5.75 Å². The summed E-state index contributed by atoms with van der Waals surface area (Å²) in [6, 6.07) is 12.0. The number of carbonyl (C=O) groups is 3. The maximum atomic E-state index is 13.9. The summed E-state index contributed by atoms with van der Waals surface area (Å²) in [7, 11) is 1.57. The smallest absolute Gasteiger partial charge is 0.255 e. The van der Waals surface area contributed by atoms with Gasteiger partial charge in [-0.2, -0.15) is 0 Å². The van der Waals surface area contributed by atoms with Gasteiger partial charge in [-0.1, -0.05) is 38.1 Å². The highest BCUT2D eigenvalue weighted by Crippen LogP contribution is 2.32. The van der Waals surface area contributed by atoms with E-state index in [9.17, 15) is 19.5 Å². The van der Waals surface area contributed by atoms with Crippen molar-refractivity contribution < 1.29 is 24.2 Å². The highest BCUT2D eigenvalue weighted by atomic mass is 32.1. The van der Waals surface area contributed by atoms with Crippen molar-refractivity contribution in [3.8, 4) is 16.2 Å². The number of aromatic nitrogens is 1. The van der Waals surface area contributed by atoms with Crippen LogP contribution in [0.2, 0.25) is 0 Å². The second-order valence-electron chi connectivity index (χ2n) is 11.0. The number of rotatable bonds is 9. The number of amides is 2. The van der Waals surface area contributed by atoms with Gasteiger partial charge in [0.15, 0.2) is 5.78 Å². The number of ether oxygens (including phenoxy) is 1. The average Bonchev–Trinajstić information content (AvgIpc) is 3.64. The van der Waals surface area contributed by atoms with E-state index in [-0.39, 0.29) is 42.9 Å². The number of aliphatic hydroxyl groups excluding tert-OH is 1. The quantitative estimate of drug-likeness (QED) is 0.419. The van der Waals surface area contributed by atoms with Gasteiger partial charge in [0.05, 0.1) is 35.3 Å². The zero-order valence-corrected chi connectivity index (χ0v) is 24.1. The Bertz CT molecular complexity index is 1420. The molecule has 3 aromatic rings. The van der Waals surface area contributed by atoms with Crippen LogP contribution in [0.1, 0.15) is 53.9 Å². The third-order valence-corrected chi connectivity index (χ3v) is 8.90. The van der Waals surface area contributed by atoms with Gasteiger partial charge in [-0.25, -0.2) is 4.98 Å². The van der Waals surface area contributed by atoms with Crippen LogP contribution in [0.25, 0.3) is 10.4 Å². The number of likely N-dealkylation sites (tertiary alicyclic amines) is 1. The van der Waals surface area contributed by atoms with Crippen LogP contribution < -0.4 is 4.74 Å². The number of fused-ring (bicyclic) bond motifs is 1. The predicted molar refractivity (Wildman–Crippen MR) is 153 cm³/mol. The van der Waals surface area contributed by atoms with Crippen LogP contribution in [0, 0.1) is 12.8 Å². The average molecular weight is 562 g/mol. The second kappa shape index (κ2) is 11.5. The van der Waals surface area contributed by atoms with Crippen LogP contribution >= 0.6 is 11.3 Å². The molecule has 1 saturated heterocycles. The standard InChI is InChI=1S/C31H35N3O5S/c1-18(2)28(34-15-22-13-24(39-4)10-11-25(22)30(34)37)31(38)33-16-23(35)14-26(33)27(36)12-7-20-5-8-21(9-6-20)29-19(3)32-17-40-29/h5-6,8-11,13,17-18,23,26,28,35H,7,12,14-16H2,1-4H3/t23-,26+,28+/m1/s1. The molecule has 210 valence electrons. The van der Waals surface area contributed by atoms with E-state index in [2.05, 4.69) is 4.98 Å². The number of thiazole rings is 1. The first-order valence-corrected chi connectivity index (χ1v) is 14.5. The highest BCUT2D eigenvalue weighted by Gasteiger charge is 2.45. The Hall–Kier alpha value is -3.56. The summed E-state index contributed by atoms with van der Waals surface area (Å²) in [5, 5.41) is 10.5. The van der Waals surface area contributed by atoms with Gasteiger partial charge in [0.2, 0.25) is 5.91 Å². The Morgan fingerprint density at radius 3 is 2.58 bits per heavy atom. The van der Waals surface area contributed by atoms with Gasteiger partial charge in [0, 0.05) is 31.5 Å². The molecule has 2 aromatic carbocycles. The highest BCUT2D eigenvalue weighted by molar-refractivity contribution is 7.13. The van der Waals surface area contributed by atoms with E-state index < -0.39 is 18.2 Å². The van der Waals surface area contributed by atoms with Crippen molar-refractivity contribution in [1.82, 2.24) is 14.8 Å². The minimum atomic E-state index is -0.775. The van der Waals surface area contributed by atoms with E-state index >= 15 is 0 Å². The Morgan fingerprint density at radius 2 is 1.93 bits per heavy atom. The van der Waals surface area contributed by atoms with Crippen LogP contribution in [-0.2, 0) is 22.6 Å². The Balaban J connectivity index is 1.28. The lowest BCUT2D eigenvalue weighted by molar-refractivity contribution is -0.142. The molecule has 2 amide bonds.